The van der Waals surface area contributed by atoms with Crippen LogP contribution in [0, 0.1) is 0 Å². The van der Waals surface area contributed by atoms with Crippen LogP contribution in [0.15, 0.2) is 24.3 Å². The van der Waals surface area contributed by atoms with E-state index < -0.39 is 12.1 Å². The molecule has 0 aromatic heterocycles. The number of carbonyl (C=O) groups excluding carboxylic acids is 2. The number of allylic oxidation sites excluding steroid dienone is 3. The fourth-order valence-corrected chi connectivity index (χ4v) is 10.7. The third kappa shape index (κ3) is 61.4. The average molecular weight is 1060 g/mol. The molecule has 6 nitrogen and oxygen atoms in total. The summed E-state index contributed by atoms with van der Waals surface area (Å²) in [6, 6.07) is -0.625. The van der Waals surface area contributed by atoms with Gasteiger partial charge in [0.05, 0.1) is 25.4 Å². The smallest absolute Gasteiger partial charge is 0.305 e. The molecule has 0 aromatic rings. The molecule has 0 heterocycles. The molecule has 2 atom stereocenters. The molecule has 2 unspecified atom stereocenters. The summed E-state index contributed by atoms with van der Waals surface area (Å²) in [5.41, 5.74) is 0. The van der Waals surface area contributed by atoms with Gasteiger partial charge in [-0.3, -0.25) is 9.59 Å². The standard InChI is InChI=1S/C69H133NO5/c1-3-5-7-9-11-13-15-17-35-39-43-47-51-55-59-63-69(74)75-64-60-56-52-48-44-40-37-34-32-30-28-26-24-22-20-18-19-21-23-25-27-29-31-33-36-38-42-46-50-54-58-62-68(73)70-66(65-71)67(72)61-57-53-49-45-41-16-14-12-10-8-6-4-2/h20,22,57,61,66-67,71-72H,3-19,21,23-56,58-60,62-65H2,1-2H3,(H,70,73)/b22-20-,61-57+. The van der Waals surface area contributed by atoms with Crippen LogP contribution in [-0.4, -0.2) is 47.4 Å². The summed E-state index contributed by atoms with van der Waals surface area (Å²) in [5.74, 6) is -0.0443. The maximum atomic E-state index is 12.4. The maximum absolute atomic E-state index is 12.4. The number of nitrogens with one attached hydrogen (secondary N) is 1. The monoisotopic (exact) mass is 1060 g/mol. The van der Waals surface area contributed by atoms with Crippen LogP contribution >= 0.6 is 0 Å². The maximum Gasteiger partial charge on any atom is 0.305 e. The molecule has 0 radical (unpaired) electrons. The van der Waals surface area contributed by atoms with Crippen LogP contribution in [0.5, 0.6) is 0 Å². The Kier molecular flexibility index (Phi) is 63.4. The van der Waals surface area contributed by atoms with E-state index >= 15 is 0 Å². The van der Waals surface area contributed by atoms with Crippen LogP contribution in [0.4, 0.5) is 0 Å². The Morgan fingerprint density at radius 1 is 0.360 bits per heavy atom. The minimum absolute atomic E-state index is 0.0207. The van der Waals surface area contributed by atoms with E-state index in [1.807, 2.05) is 6.08 Å². The number of aliphatic hydroxyl groups excluding tert-OH is 2. The van der Waals surface area contributed by atoms with Gasteiger partial charge in [0.25, 0.3) is 0 Å². The van der Waals surface area contributed by atoms with E-state index in [1.54, 1.807) is 6.08 Å². The van der Waals surface area contributed by atoms with E-state index in [1.165, 1.54) is 315 Å². The van der Waals surface area contributed by atoms with Gasteiger partial charge in [-0.05, 0) is 57.8 Å². The molecule has 6 heteroatoms. The molecule has 3 N–H and O–H groups in total. The van der Waals surface area contributed by atoms with Crippen molar-refractivity contribution in [3.05, 3.63) is 24.3 Å². The number of hydrogen-bond donors (Lipinski definition) is 3. The summed E-state index contributed by atoms with van der Waals surface area (Å²) in [6.45, 7) is 4.93. The molecule has 0 bridgehead atoms. The summed E-state index contributed by atoms with van der Waals surface area (Å²) in [5, 5.41) is 23.1. The third-order valence-electron chi connectivity index (χ3n) is 16.0. The van der Waals surface area contributed by atoms with E-state index in [2.05, 4.69) is 31.3 Å². The largest absolute Gasteiger partial charge is 0.466 e. The van der Waals surface area contributed by atoms with Gasteiger partial charge in [0, 0.05) is 12.8 Å². The summed E-state index contributed by atoms with van der Waals surface area (Å²) in [4.78, 5) is 24.5. The van der Waals surface area contributed by atoms with Gasteiger partial charge in [0.1, 0.15) is 0 Å². The molecule has 0 aromatic carbocycles. The molecule has 0 saturated carbocycles. The lowest BCUT2D eigenvalue weighted by Crippen LogP contribution is -2.45. The number of unbranched alkanes of at least 4 members (excludes halogenated alkanes) is 51. The number of aliphatic hydroxyl groups is 2. The molecule has 444 valence electrons. The molecule has 1 amide bonds. The molecule has 0 aliphatic heterocycles. The predicted octanol–water partition coefficient (Wildman–Crippen LogP) is 21.8. The minimum Gasteiger partial charge on any atom is -0.466 e. The van der Waals surface area contributed by atoms with Crippen molar-refractivity contribution < 1.29 is 24.5 Å². The lowest BCUT2D eigenvalue weighted by Gasteiger charge is -2.20. The first-order valence-electron chi connectivity index (χ1n) is 34.1. The highest BCUT2D eigenvalue weighted by Crippen LogP contribution is 2.18. The van der Waals surface area contributed by atoms with Crippen LogP contribution in [0.25, 0.3) is 0 Å². The molecular weight excluding hydrogens is 923 g/mol. The first-order chi connectivity index (χ1) is 37.0. The summed E-state index contributed by atoms with van der Waals surface area (Å²) < 4.78 is 5.50. The molecule has 75 heavy (non-hydrogen) atoms. The molecule has 0 fully saturated rings. The molecular formula is C69H133NO5. The Labute approximate surface area is 469 Å². The number of rotatable bonds is 64. The van der Waals surface area contributed by atoms with Crippen LogP contribution in [-0.2, 0) is 14.3 Å². The zero-order valence-electron chi connectivity index (χ0n) is 50.8. The van der Waals surface area contributed by atoms with Crippen molar-refractivity contribution in [2.24, 2.45) is 0 Å². The van der Waals surface area contributed by atoms with Crippen molar-refractivity contribution in [1.29, 1.82) is 0 Å². The molecule has 0 aliphatic carbocycles. The first kappa shape index (κ1) is 73.3. The Morgan fingerprint density at radius 2 is 0.627 bits per heavy atom. The third-order valence-corrected chi connectivity index (χ3v) is 16.0. The second-order valence-corrected chi connectivity index (χ2v) is 23.5. The number of amides is 1. The predicted molar refractivity (Wildman–Crippen MR) is 329 cm³/mol. The summed E-state index contributed by atoms with van der Waals surface area (Å²) in [7, 11) is 0. The summed E-state index contributed by atoms with van der Waals surface area (Å²) >= 11 is 0. The van der Waals surface area contributed by atoms with Gasteiger partial charge < -0.3 is 20.3 Å². The fraction of sp³-hybridized carbons (Fsp3) is 0.913. The van der Waals surface area contributed by atoms with E-state index in [0.717, 1.165) is 38.5 Å². The molecule has 0 spiro atoms. The average Bonchev–Trinajstić information content (AvgIpc) is 3.41. The highest BCUT2D eigenvalue weighted by Gasteiger charge is 2.18. The number of ether oxygens (including phenoxy) is 1. The second-order valence-electron chi connectivity index (χ2n) is 23.5. The second kappa shape index (κ2) is 64.9. The highest BCUT2D eigenvalue weighted by atomic mass is 16.5. The van der Waals surface area contributed by atoms with Crippen LogP contribution < -0.4 is 5.32 Å². The van der Waals surface area contributed by atoms with Crippen molar-refractivity contribution in [2.75, 3.05) is 13.2 Å². The highest BCUT2D eigenvalue weighted by molar-refractivity contribution is 5.76. The first-order valence-corrected chi connectivity index (χ1v) is 34.1. The lowest BCUT2D eigenvalue weighted by atomic mass is 10.0. The zero-order valence-corrected chi connectivity index (χ0v) is 50.8. The molecule has 0 aliphatic rings. The Bertz CT molecular complexity index is 1170. The Hall–Kier alpha value is -1.66. The van der Waals surface area contributed by atoms with Gasteiger partial charge in [-0.1, -0.05) is 334 Å². The van der Waals surface area contributed by atoms with Gasteiger partial charge in [-0.15, -0.1) is 0 Å². The van der Waals surface area contributed by atoms with Crippen LogP contribution in [0.1, 0.15) is 380 Å². The quantitative estimate of drug-likeness (QED) is 0.0320. The fourth-order valence-electron chi connectivity index (χ4n) is 10.7. The van der Waals surface area contributed by atoms with Gasteiger partial charge in [0.2, 0.25) is 5.91 Å². The van der Waals surface area contributed by atoms with Crippen molar-refractivity contribution >= 4 is 11.9 Å². The Balaban J connectivity index is 3.34. The van der Waals surface area contributed by atoms with E-state index in [0.29, 0.717) is 19.4 Å². The number of carbonyl (C=O) groups is 2. The van der Waals surface area contributed by atoms with Crippen molar-refractivity contribution in [2.45, 2.75) is 392 Å². The van der Waals surface area contributed by atoms with Crippen LogP contribution in [0.3, 0.4) is 0 Å². The molecule has 0 saturated heterocycles. The van der Waals surface area contributed by atoms with Gasteiger partial charge in [-0.2, -0.15) is 0 Å². The zero-order chi connectivity index (χ0) is 54.3. The normalized spacial score (nSPS) is 12.6. The Morgan fingerprint density at radius 3 is 0.947 bits per heavy atom. The van der Waals surface area contributed by atoms with Crippen molar-refractivity contribution in [1.82, 2.24) is 5.32 Å². The van der Waals surface area contributed by atoms with Crippen molar-refractivity contribution in [3.63, 3.8) is 0 Å². The van der Waals surface area contributed by atoms with Crippen LogP contribution in [0.2, 0.25) is 0 Å². The topological polar surface area (TPSA) is 95.9 Å². The van der Waals surface area contributed by atoms with E-state index in [9.17, 15) is 19.8 Å². The number of esters is 1. The lowest BCUT2D eigenvalue weighted by molar-refractivity contribution is -0.143. The van der Waals surface area contributed by atoms with E-state index in [4.69, 9.17) is 4.74 Å². The van der Waals surface area contributed by atoms with Gasteiger partial charge in [0.15, 0.2) is 0 Å². The van der Waals surface area contributed by atoms with Gasteiger partial charge in [-0.25, -0.2) is 0 Å². The van der Waals surface area contributed by atoms with Gasteiger partial charge >= 0.3 is 5.97 Å². The van der Waals surface area contributed by atoms with Crippen molar-refractivity contribution in [3.8, 4) is 0 Å². The minimum atomic E-state index is -0.841. The molecule has 0 rings (SSSR count). The van der Waals surface area contributed by atoms with E-state index in [-0.39, 0.29) is 18.5 Å². The SMILES string of the molecule is CCCCCCCCCCCC/C=C/C(O)C(CO)NC(=O)CCCCCCCCCCCCCCCCC/C=C\CCCCCCCCCCCCCCOC(=O)CCCCCCCCCCCCCCCCC. The summed E-state index contributed by atoms with van der Waals surface area (Å²) in [6.07, 6.45) is 81.2. The number of hydrogen-bond acceptors (Lipinski definition) is 5.